The molecule has 0 amide bonds. The first-order chi connectivity index (χ1) is 9.96. The highest BCUT2D eigenvalue weighted by molar-refractivity contribution is 7.10. The summed E-state index contributed by atoms with van der Waals surface area (Å²) in [5.41, 5.74) is 0.789. The second-order valence-electron chi connectivity index (χ2n) is 5.02. The van der Waals surface area contributed by atoms with Crippen molar-refractivity contribution in [2.24, 2.45) is 7.05 Å². The lowest BCUT2D eigenvalue weighted by Crippen LogP contribution is -2.22. The normalized spacial score (nSPS) is 14.1. The van der Waals surface area contributed by atoms with Crippen LogP contribution in [0.2, 0.25) is 0 Å². The van der Waals surface area contributed by atoms with E-state index in [9.17, 15) is 9.50 Å². The Kier molecular flexibility index (Phi) is 3.35. The number of rotatable bonds is 3. The Balaban J connectivity index is 1.98. The van der Waals surface area contributed by atoms with Gasteiger partial charge < -0.3 is 5.11 Å². The molecule has 2 heterocycles. The van der Waals surface area contributed by atoms with Crippen molar-refractivity contribution in [3.8, 4) is 11.3 Å². The number of hydrogen-bond acceptors (Lipinski definition) is 4. The third-order valence-corrected chi connectivity index (χ3v) is 4.36. The Morgan fingerprint density at radius 1 is 1.38 bits per heavy atom. The van der Waals surface area contributed by atoms with E-state index in [1.807, 2.05) is 18.6 Å². The van der Waals surface area contributed by atoms with Gasteiger partial charge in [-0.3, -0.25) is 4.68 Å². The van der Waals surface area contributed by atoms with Gasteiger partial charge in [-0.1, -0.05) is 12.1 Å². The van der Waals surface area contributed by atoms with Gasteiger partial charge in [0.05, 0.1) is 11.9 Å². The van der Waals surface area contributed by atoms with E-state index < -0.39 is 5.60 Å². The predicted octanol–water partition coefficient (Wildman–Crippen LogP) is 2.94. The molecule has 4 nitrogen and oxygen atoms in total. The molecule has 0 spiro atoms. The molecule has 108 valence electrons. The molecule has 0 radical (unpaired) electrons. The lowest BCUT2D eigenvalue weighted by Gasteiger charge is -2.21. The topological polar surface area (TPSA) is 50.9 Å². The summed E-state index contributed by atoms with van der Waals surface area (Å²) in [5, 5.41) is 17.2. The average Bonchev–Trinajstić information content (AvgIpc) is 3.07. The van der Waals surface area contributed by atoms with Crippen molar-refractivity contribution in [1.29, 1.82) is 0 Å². The maximum atomic E-state index is 13.3. The van der Waals surface area contributed by atoms with Crippen molar-refractivity contribution in [1.82, 2.24) is 14.8 Å². The molecule has 0 aliphatic rings. The quantitative estimate of drug-likeness (QED) is 0.809. The first-order valence-electron chi connectivity index (χ1n) is 6.40. The van der Waals surface area contributed by atoms with Crippen LogP contribution in [0.1, 0.15) is 17.5 Å². The van der Waals surface area contributed by atoms with Crippen LogP contribution in [-0.4, -0.2) is 19.9 Å². The molecule has 0 saturated heterocycles. The van der Waals surface area contributed by atoms with Gasteiger partial charge in [0.15, 0.2) is 0 Å². The van der Waals surface area contributed by atoms with Crippen LogP contribution in [-0.2, 0) is 12.6 Å². The third-order valence-electron chi connectivity index (χ3n) is 3.31. The van der Waals surface area contributed by atoms with Crippen molar-refractivity contribution in [3.05, 3.63) is 58.4 Å². The summed E-state index contributed by atoms with van der Waals surface area (Å²) in [5.74, 6) is -0.378. The lowest BCUT2D eigenvalue weighted by molar-refractivity contribution is 0.102. The number of benzene rings is 1. The molecule has 0 aliphatic heterocycles. The number of nitrogens with zero attached hydrogens (tertiary/aromatic N) is 3. The second-order valence-corrected chi connectivity index (χ2v) is 5.88. The zero-order valence-electron chi connectivity index (χ0n) is 11.6. The van der Waals surface area contributed by atoms with Crippen molar-refractivity contribution in [3.63, 3.8) is 0 Å². The van der Waals surface area contributed by atoms with Crippen molar-refractivity contribution >= 4 is 11.3 Å². The van der Waals surface area contributed by atoms with Crippen LogP contribution in [0.4, 0.5) is 4.39 Å². The minimum absolute atomic E-state index is 0.378. The third kappa shape index (κ3) is 2.59. The number of thiazole rings is 1. The Bertz CT molecular complexity index is 779. The number of halogens is 1. The highest BCUT2D eigenvalue weighted by Crippen LogP contribution is 2.33. The zero-order chi connectivity index (χ0) is 15.0. The molecule has 0 fully saturated rings. The van der Waals surface area contributed by atoms with E-state index >= 15 is 0 Å². The van der Waals surface area contributed by atoms with Crippen LogP contribution in [0, 0.1) is 5.82 Å². The van der Waals surface area contributed by atoms with Crippen molar-refractivity contribution in [2.45, 2.75) is 12.5 Å². The summed E-state index contributed by atoms with van der Waals surface area (Å²) in [6.07, 6.45) is 3.57. The van der Waals surface area contributed by atoms with Crippen LogP contribution in [0.5, 0.6) is 0 Å². The Morgan fingerprint density at radius 2 is 2.19 bits per heavy atom. The molecule has 21 heavy (non-hydrogen) atoms. The van der Waals surface area contributed by atoms with E-state index in [0.29, 0.717) is 10.6 Å². The highest BCUT2D eigenvalue weighted by Gasteiger charge is 2.29. The molecular weight excluding hydrogens is 289 g/mol. The molecule has 0 bridgehead atoms. The minimum Gasteiger partial charge on any atom is -0.378 e. The fraction of sp³-hybridized carbons (Fsp3) is 0.200. The van der Waals surface area contributed by atoms with Gasteiger partial charge in [-0.25, -0.2) is 9.37 Å². The Labute approximate surface area is 125 Å². The van der Waals surface area contributed by atoms with Gasteiger partial charge in [0.1, 0.15) is 16.4 Å². The Hall–Kier alpha value is -2.05. The molecule has 1 N–H and O–H groups in total. The van der Waals surface area contributed by atoms with Crippen LogP contribution in [0.25, 0.3) is 11.3 Å². The molecule has 1 aromatic carbocycles. The maximum absolute atomic E-state index is 13.3. The minimum atomic E-state index is -1.33. The SMILES string of the molecule is Cn1cc(-c2csc(C(C)(O)c3cccc(F)c3)n2)cn1. The molecule has 2 aromatic heterocycles. The number of aliphatic hydroxyl groups is 1. The van der Waals surface area contributed by atoms with E-state index in [-0.39, 0.29) is 5.82 Å². The van der Waals surface area contributed by atoms with Crippen LogP contribution < -0.4 is 0 Å². The largest absolute Gasteiger partial charge is 0.378 e. The lowest BCUT2D eigenvalue weighted by atomic mass is 9.97. The van der Waals surface area contributed by atoms with Gasteiger partial charge in [0.2, 0.25) is 0 Å². The summed E-state index contributed by atoms with van der Waals surface area (Å²) in [6, 6.07) is 5.94. The average molecular weight is 303 g/mol. The maximum Gasteiger partial charge on any atom is 0.138 e. The highest BCUT2D eigenvalue weighted by atomic mass is 32.1. The summed E-state index contributed by atoms with van der Waals surface area (Å²) in [6.45, 7) is 1.62. The zero-order valence-corrected chi connectivity index (χ0v) is 12.4. The molecule has 6 heteroatoms. The van der Waals surface area contributed by atoms with Crippen LogP contribution >= 0.6 is 11.3 Å². The summed E-state index contributed by atoms with van der Waals surface area (Å²) in [7, 11) is 1.83. The number of aromatic nitrogens is 3. The van der Waals surface area contributed by atoms with Gasteiger partial charge in [0.25, 0.3) is 0 Å². The van der Waals surface area contributed by atoms with E-state index in [0.717, 1.165) is 11.3 Å². The van der Waals surface area contributed by atoms with Gasteiger partial charge in [-0.2, -0.15) is 5.10 Å². The number of aryl methyl sites for hydroxylation is 1. The molecule has 3 rings (SSSR count). The van der Waals surface area contributed by atoms with E-state index in [4.69, 9.17) is 0 Å². The first kappa shape index (κ1) is 13.9. The van der Waals surface area contributed by atoms with E-state index in [2.05, 4.69) is 10.1 Å². The summed E-state index contributed by atoms with van der Waals surface area (Å²) in [4.78, 5) is 4.46. The second kappa shape index (κ2) is 5.05. The van der Waals surface area contributed by atoms with Crippen LogP contribution in [0.3, 0.4) is 0 Å². The summed E-state index contributed by atoms with van der Waals surface area (Å²) >= 11 is 1.34. The van der Waals surface area contributed by atoms with Gasteiger partial charge in [0, 0.05) is 24.2 Å². The molecule has 1 atom stereocenters. The fourth-order valence-electron chi connectivity index (χ4n) is 2.10. The Morgan fingerprint density at radius 3 is 2.86 bits per heavy atom. The molecule has 0 aliphatic carbocycles. The smallest absolute Gasteiger partial charge is 0.138 e. The van der Waals surface area contributed by atoms with Gasteiger partial charge in [-0.05, 0) is 24.6 Å². The fourth-order valence-corrected chi connectivity index (χ4v) is 3.01. The van der Waals surface area contributed by atoms with Crippen molar-refractivity contribution in [2.75, 3.05) is 0 Å². The number of hydrogen-bond donors (Lipinski definition) is 1. The molecule has 0 saturated carbocycles. The van der Waals surface area contributed by atoms with Gasteiger partial charge in [-0.15, -0.1) is 11.3 Å². The van der Waals surface area contributed by atoms with Crippen LogP contribution in [0.15, 0.2) is 42.0 Å². The molecule has 1 unspecified atom stereocenters. The molecule has 3 aromatic rings. The standard InChI is InChI=1S/C15H14FN3OS/c1-15(20,11-4-3-5-12(16)6-11)14-18-13(9-21-14)10-7-17-19(2)8-10/h3-9,20H,1-2H3. The first-order valence-corrected chi connectivity index (χ1v) is 7.28. The summed E-state index contributed by atoms with van der Waals surface area (Å²) < 4.78 is 15.0. The van der Waals surface area contributed by atoms with E-state index in [1.165, 1.54) is 23.5 Å². The molecular formula is C15H14FN3OS. The van der Waals surface area contributed by atoms with Crippen molar-refractivity contribution < 1.29 is 9.50 Å². The van der Waals surface area contributed by atoms with Gasteiger partial charge >= 0.3 is 0 Å². The monoisotopic (exact) mass is 303 g/mol. The van der Waals surface area contributed by atoms with E-state index in [1.54, 1.807) is 29.9 Å². The predicted molar refractivity (Wildman–Crippen MR) is 79.4 cm³/mol.